The molecule has 0 bridgehead atoms. The summed E-state index contributed by atoms with van der Waals surface area (Å²) in [5.74, 6) is 0.502. The summed E-state index contributed by atoms with van der Waals surface area (Å²) < 4.78 is 2.01. The third kappa shape index (κ3) is 3.38. The number of hydrogen-bond acceptors (Lipinski definition) is 3. The lowest BCUT2D eigenvalue weighted by Crippen LogP contribution is -2.14. The first-order chi connectivity index (χ1) is 14.2. The molecule has 1 aromatic carbocycles. The number of carbonyl (C=O) groups is 2. The number of rotatable bonds is 5. The highest BCUT2D eigenvalue weighted by Gasteiger charge is 2.29. The Morgan fingerprint density at radius 2 is 1.97 bits per heavy atom. The van der Waals surface area contributed by atoms with Gasteiger partial charge in [-0.05, 0) is 49.2 Å². The minimum Gasteiger partial charge on any atom is -0.357 e. The van der Waals surface area contributed by atoms with Crippen molar-refractivity contribution in [3.05, 3.63) is 72.8 Å². The van der Waals surface area contributed by atoms with Gasteiger partial charge in [0.1, 0.15) is 11.5 Å². The van der Waals surface area contributed by atoms with Gasteiger partial charge in [0, 0.05) is 36.0 Å². The second-order valence-electron chi connectivity index (χ2n) is 7.12. The summed E-state index contributed by atoms with van der Waals surface area (Å²) in [6.45, 7) is 0. The van der Waals surface area contributed by atoms with Crippen molar-refractivity contribution < 1.29 is 9.59 Å². The van der Waals surface area contributed by atoms with Crippen LogP contribution in [0.15, 0.2) is 67.1 Å². The Bertz CT molecular complexity index is 1210. The van der Waals surface area contributed by atoms with Crippen molar-refractivity contribution in [2.75, 3.05) is 10.6 Å². The number of nitrogens with zero attached hydrogens (tertiary/aromatic N) is 2. The predicted octanol–water partition coefficient (Wildman–Crippen LogP) is 3.95. The third-order valence-corrected chi connectivity index (χ3v) is 5.04. The van der Waals surface area contributed by atoms with E-state index >= 15 is 0 Å². The Balaban J connectivity index is 1.46. The maximum absolute atomic E-state index is 12.4. The number of aromatic amines is 1. The molecular formula is C22H19N5O2. The van der Waals surface area contributed by atoms with E-state index in [1.807, 2.05) is 47.2 Å². The molecule has 4 aromatic rings. The van der Waals surface area contributed by atoms with E-state index in [1.54, 1.807) is 24.5 Å². The number of fused-ring (bicyclic) bond motifs is 1. The third-order valence-electron chi connectivity index (χ3n) is 5.04. The molecule has 29 heavy (non-hydrogen) atoms. The molecule has 0 radical (unpaired) electrons. The van der Waals surface area contributed by atoms with Crippen molar-refractivity contribution in [2.45, 2.75) is 12.8 Å². The average molecular weight is 385 g/mol. The van der Waals surface area contributed by atoms with Gasteiger partial charge in [-0.3, -0.25) is 9.59 Å². The van der Waals surface area contributed by atoms with Crippen LogP contribution < -0.4 is 10.6 Å². The van der Waals surface area contributed by atoms with Gasteiger partial charge in [0.25, 0.3) is 5.91 Å². The zero-order chi connectivity index (χ0) is 19.8. The highest BCUT2D eigenvalue weighted by molar-refractivity contribution is 6.08. The van der Waals surface area contributed by atoms with Gasteiger partial charge in [-0.15, -0.1) is 0 Å². The van der Waals surface area contributed by atoms with Crippen LogP contribution in [0.5, 0.6) is 0 Å². The second-order valence-corrected chi connectivity index (χ2v) is 7.12. The molecule has 3 heterocycles. The van der Waals surface area contributed by atoms with Crippen LogP contribution in [0.2, 0.25) is 0 Å². The van der Waals surface area contributed by atoms with Crippen LogP contribution in [0.4, 0.5) is 11.5 Å². The van der Waals surface area contributed by atoms with E-state index < -0.39 is 0 Å². The van der Waals surface area contributed by atoms with E-state index in [9.17, 15) is 9.59 Å². The van der Waals surface area contributed by atoms with E-state index in [2.05, 4.69) is 20.6 Å². The Labute approximate surface area is 166 Å². The van der Waals surface area contributed by atoms with Crippen molar-refractivity contribution in [3.63, 3.8) is 0 Å². The van der Waals surface area contributed by atoms with Crippen LogP contribution in [0.3, 0.4) is 0 Å². The molecule has 3 N–H and O–H groups in total. The number of hydrogen-bond donors (Lipinski definition) is 3. The second kappa shape index (κ2) is 6.94. The number of amides is 2. The van der Waals surface area contributed by atoms with Gasteiger partial charge >= 0.3 is 0 Å². The quantitative estimate of drug-likeness (QED) is 0.486. The van der Waals surface area contributed by atoms with E-state index in [0.717, 1.165) is 35.1 Å². The van der Waals surface area contributed by atoms with E-state index in [1.165, 1.54) is 0 Å². The summed E-state index contributed by atoms with van der Waals surface area (Å²) in [5.41, 5.74) is 3.07. The number of anilines is 2. The van der Waals surface area contributed by atoms with Gasteiger partial charge in [0.15, 0.2) is 0 Å². The summed E-state index contributed by atoms with van der Waals surface area (Å²) in [5, 5.41) is 6.76. The number of H-pyrrole nitrogens is 1. The molecule has 7 nitrogen and oxygen atoms in total. The van der Waals surface area contributed by atoms with Crippen molar-refractivity contribution in [3.8, 4) is 5.69 Å². The lowest BCUT2D eigenvalue weighted by Gasteiger charge is -2.10. The first-order valence-corrected chi connectivity index (χ1v) is 9.51. The summed E-state index contributed by atoms with van der Waals surface area (Å²) in [6, 6.07) is 15.0. The van der Waals surface area contributed by atoms with Gasteiger partial charge in [-0.1, -0.05) is 6.07 Å². The summed E-state index contributed by atoms with van der Waals surface area (Å²) in [7, 11) is 0. The van der Waals surface area contributed by atoms with Crippen LogP contribution in [-0.2, 0) is 4.79 Å². The molecule has 0 spiro atoms. The van der Waals surface area contributed by atoms with Crippen LogP contribution in [0.1, 0.15) is 23.3 Å². The SMILES string of the molecule is O=C(Nc1cccc2c1ccn2-c1ccnc(NC(=O)C2CC2)c1)c1ccc[nH]1. The molecule has 0 unspecified atom stereocenters. The van der Waals surface area contributed by atoms with Gasteiger partial charge in [-0.25, -0.2) is 4.98 Å². The zero-order valence-electron chi connectivity index (χ0n) is 15.6. The first-order valence-electron chi connectivity index (χ1n) is 9.51. The van der Waals surface area contributed by atoms with Crippen LogP contribution in [0, 0.1) is 5.92 Å². The molecule has 3 aromatic heterocycles. The summed E-state index contributed by atoms with van der Waals surface area (Å²) >= 11 is 0. The molecular weight excluding hydrogens is 366 g/mol. The molecule has 0 saturated heterocycles. The minimum absolute atomic E-state index is 0.0290. The van der Waals surface area contributed by atoms with Gasteiger partial charge in [-0.2, -0.15) is 0 Å². The normalized spacial score (nSPS) is 13.4. The van der Waals surface area contributed by atoms with Crippen molar-refractivity contribution >= 4 is 34.2 Å². The minimum atomic E-state index is -0.191. The zero-order valence-corrected chi connectivity index (χ0v) is 15.6. The van der Waals surface area contributed by atoms with E-state index in [-0.39, 0.29) is 17.7 Å². The molecule has 1 aliphatic rings. The molecule has 1 fully saturated rings. The van der Waals surface area contributed by atoms with Gasteiger partial charge in [0.2, 0.25) is 5.91 Å². The molecule has 7 heteroatoms. The number of aromatic nitrogens is 3. The van der Waals surface area contributed by atoms with Crippen molar-refractivity contribution in [1.29, 1.82) is 0 Å². The highest BCUT2D eigenvalue weighted by atomic mass is 16.2. The lowest BCUT2D eigenvalue weighted by atomic mass is 10.2. The number of benzene rings is 1. The maximum atomic E-state index is 12.4. The fraction of sp³-hybridized carbons (Fsp3) is 0.136. The maximum Gasteiger partial charge on any atom is 0.272 e. The molecule has 2 amide bonds. The number of pyridine rings is 1. The molecule has 5 rings (SSSR count). The van der Waals surface area contributed by atoms with Gasteiger partial charge in [0.05, 0.1) is 16.9 Å². The monoisotopic (exact) mass is 385 g/mol. The van der Waals surface area contributed by atoms with Crippen molar-refractivity contribution in [1.82, 2.24) is 14.5 Å². The summed E-state index contributed by atoms with van der Waals surface area (Å²) in [4.78, 5) is 31.6. The molecule has 1 saturated carbocycles. The Hall–Kier alpha value is -3.87. The van der Waals surface area contributed by atoms with Gasteiger partial charge < -0.3 is 20.2 Å². The summed E-state index contributed by atoms with van der Waals surface area (Å²) in [6.07, 6.45) is 7.24. The number of nitrogens with one attached hydrogen (secondary N) is 3. The topological polar surface area (TPSA) is 91.8 Å². The fourth-order valence-electron chi connectivity index (χ4n) is 3.37. The van der Waals surface area contributed by atoms with E-state index in [0.29, 0.717) is 11.5 Å². The van der Waals surface area contributed by atoms with Crippen LogP contribution in [0.25, 0.3) is 16.6 Å². The fourth-order valence-corrected chi connectivity index (χ4v) is 3.37. The smallest absolute Gasteiger partial charge is 0.272 e. The Morgan fingerprint density at radius 1 is 1.07 bits per heavy atom. The molecule has 0 atom stereocenters. The largest absolute Gasteiger partial charge is 0.357 e. The first kappa shape index (κ1) is 17.2. The van der Waals surface area contributed by atoms with Crippen LogP contribution >= 0.6 is 0 Å². The average Bonchev–Trinajstić information content (AvgIpc) is 3.25. The molecule has 1 aliphatic carbocycles. The standard InChI is InChI=1S/C22H19N5O2/c28-21(14-6-7-14)26-20-13-15(8-11-24-20)27-12-9-16-17(3-1-5-19(16)27)25-22(29)18-4-2-10-23-18/h1-5,8-14,23H,6-7H2,(H,25,29)(H,24,26,28). The molecule has 0 aliphatic heterocycles. The molecule has 144 valence electrons. The predicted molar refractivity (Wildman–Crippen MR) is 111 cm³/mol. The Kier molecular flexibility index (Phi) is 4.13. The van der Waals surface area contributed by atoms with E-state index in [4.69, 9.17) is 0 Å². The van der Waals surface area contributed by atoms with Crippen molar-refractivity contribution in [2.24, 2.45) is 5.92 Å². The lowest BCUT2D eigenvalue weighted by molar-refractivity contribution is -0.117. The Morgan fingerprint density at radius 3 is 2.76 bits per heavy atom. The highest BCUT2D eigenvalue weighted by Crippen LogP contribution is 2.31. The van der Waals surface area contributed by atoms with Crippen LogP contribution in [-0.4, -0.2) is 26.3 Å². The number of carbonyl (C=O) groups excluding carboxylic acids is 2.